The smallest absolute Gasteiger partial charge is 0.352 e. The van der Waals surface area contributed by atoms with Crippen molar-refractivity contribution in [3.8, 4) is 5.69 Å². The molecule has 1 saturated heterocycles. The van der Waals surface area contributed by atoms with Crippen LogP contribution in [-0.4, -0.2) is 19.6 Å². The molecule has 4 aromatic rings. The van der Waals surface area contributed by atoms with Gasteiger partial charge < -0.3 is 14.8 Å². The number of thiocarbonyl (C=S) groups is 1. The lowest BCUT2D eigenvalue weighted by Gasteiger charge is -2.28. The van der Waals surface area contributed by atoms with Crippen LogP contribution < -0.4 is 5.32 Å². The van der Waals surface area contributed by atoms with Gasteiger partial charge in [-0.1, -0.05) is 48.5 Å². The minimum atomic E-state index is -4.47. The average Bonchev–Trinajstić information content (AvgIpc) is 3.34. The molecule has 184 valence electrons. The normalized spacial score (nSPS) is 17.9. The molecular weight excluding hydrogens is 481 g/mol. The highest BCUT2D eigenvalue weighted by atomic mass is 32.1. The van der Waals surface area contributed by atoms with E-state index in [0.717, 1.165) is 34.3 Å². The average molecular weight is 507 g/mol. The highest BCUT2D eigenvalue weighted by Gasteiger charge is 2.42. The molecule has 0 saturated carbocycles. The SMILES string of the molecule is Cc1cc(C2C(c3ccccn3)NC(=S)N2Cc2ccccc2)c(C)n1-c1ccccc1C(F)(F)F. The molecule has 2 aromatic heterocycles. The van der Waals surface area contributed by atoms with E-state index in [1.165, 1.54) is 12.1 Å². The van der Waals surface area contributed by atoms with Crippen LogP contribution in [0.1, 0.15) is 45.9 Å². The van der Waals surface area contributed by atoms with E-state index in [1.807, 2.05) is 68.4 Å². The van der Waals surface area contributed by atoms with Crippen LogP contribution in [0.15, 0.2) is 85.1 Å². The molecule has 2 aromatic carbocycles. The Morgan fingerprint density at radius 1 is 0.944 bits per heavy atom. The molecule has 0 amide bonds. The Morgan fingerprint density at radius 3 is 2.33 bits per heavy atom. The van der Waals surface area contributed by atoms with Crippen molar-refractivity contribution in [3.63, 3.8) is 0 Å². The topological polar surface area (TPSA) is 33.1 Å². The van der Waals surface area contributed by atoms with E-state index < -0.39 is 11.7 Å². The van der Waals surface area contributed by atoms with Crippen LogP contribution in [0.25, 0.3) is 5.69 Å². The van der Waals surface area contributed by atoms with Gasteiger partial charge in [0, 0.05) is 24.1 Å². The first-order chi connectivity index (χ1) is 17.3. The molecule has 0 aliphatic carbocycles. The van der Waals surface area contributed by atoms with Gasteiger partial charge in [-0.15, -0.1) is 0 Å². The van der Waals surface area contributed by atoms with Gasteiger partial charge in [-0.3, -0.25) is 4.98 Å². The Bertz CT molecular complexity index is 1380. The quantitative estimate of drug-likeness (QED) is 0.306. The number of halogens is 3. The van der Waals surface area contributed by atoms with E-state index in [2.05, 4.69) is 15.2 Å². The van der Waals surface area contributed by atoms with Crippen LogP contribution in [0, 0.1) is 13.8 Å². The Balaban J connectivity index is 1.65. The Hall–Kier alpha value is -3.65. The van der Waals surface area contributed by atoms with Gasteiger partial charge in [-0.05, 0) is 67.5 Å². The number of benzene rings is 2. The zero-order valence-electron chi connectivity index (χ0n) is 19.8. The number of pyridine rings is 1. The zero-order valence-corrected chi connectivity index (χ0v) is 20.6. The van der Waals surface area contributed by atoms with Crippen molar-refractivity contribution in [3.05, 3.63) is 119 Å². The maximum atomic E-state index is 13.9. The van der Waals surface area contributed by atoms with Crippen molar-refractivity contribution in [1.29, 1.82) is 0 Å². The summed E-state index contributed by atoms with van der Waals surface area (Å²) in [5.74, 6) is 0. The number of aromatic nitrogens is 2. The molecule has 1 N–H and O–H groups in total. The number of aryl methyl sites for hydroxylation is 1. The first kappa shape index (κ1) is 24.1. The number of para-hydroxylation sites is 1. The highest BCUT2D eigenvalue weighted by molar-refractivity contribution is 7.80. The van der Waals surface area contributed by atoms with Gasteiger partial charge >= 0.3 is 6.18 Å². The number of nitrogens with one attached hydrogen (secondary N) is 1. The molecule has 3 heterocycles. The molecule has 0 bridgehead atoms. The minimum absolute atomic E-state index is 0.115. The van der Waals surface area contributed by atoms with Gasteiger partial charge in [0.05, 0.1) is 29.0 Å². The number of hydrogen-bond donors (Lipinski definition) is 1. The number of alkyl halides is 3. The number of nitrogens with zero attached hydrogens (tertiary/aromatic N) is 3. The minimum Gasteiger partial charge on any atom is -0.352 e. The summed E-state index contributed by atoms with van der Waals surface area (Å²) in [6, 6.07) is 22.9. The summed E-state index contributed by atoms with van der Waals surface area (Å²) < 4.78 is 43.4. The van der Waals surface area contributed by atoms with Crippen molar-refractivity contribution >= 4 is 17.3 Å². The second kappa shape index (κ2) is 9.43. The van der Waals surface area contributed by atoms with Crippen molar-refractivity contribution in [2.24, 2.45) is 0 Å². The van der Waals surface area contributed by atoms with Gasteiger partial charge in [0.2, 0.25) is 0 Å². The van der Waals surface area contributed by atoms with Crippen LogP contribution in [-0.2, 0) is 12.7 Å². The Labute approximate surface area is 213 Å². The fourth-order valence-electron chi connectivity index (χ4n) is 5.06. The van der Waals surface area contributed by atoms with Gasteiger partial charge in [0.15, 0.2) is 5.11 Å². The summed E-state index contributed by atoms with van der Waals surface area (Å²) >= 11 is 5.77. The largest absolute Gasteiger partial charge is 0.418 e. The van der Waals surface area contributed by atoms with Crippen LogP contribution >= 0.6 is 12.2 Å². The Kier molecular flexibility index (Phi) is 6.30. The van der Waals surface area contributed by atoms with Crippen LogP contribution in [0.4, 0.5) is 13.2 Å². The fraction of sp³-hybridized carbons (Fsp3) is 0.214. The molecule has 8 heteroatoms. The van der Waals surface area contributed by atoms with Crippen molar-refractivity contribution in [2.45, 2.75) is 38.7 Å². The Morgan fingerprint density at radius 2 is 1.64 bits per heavy atom. The first-order valence-electron chi connectivity index (χ1n) is 11.6. The number of rotatable bonds is 5. The third-order valence-corrected chi connectivity index (χ3v) is 6.99. The van der Waals surface area contributed by atoms with E-state index in [9.17, 15) is 13.2 Å². The lowest BCUT2D eigenvalue weighted by atomic mass is 9.96. The van der Waals surface area contributed by atoms with Crippen molar-refractivity contribution in [1.82, 2.24) is 19.8 Å². The zero-order chi connectivity index (χ0) is 25.4. The molecule has 1 aliphatic rings. The highest BCUT2D eigenvalue weighted by Crippen LogP contribution is 2.43. The van der Waals surface area contributed by atoms with Gasteiger partial charge in [-0.2, -0.15) is 13.2 Å². The molecule has 2 atom stereocenters. The summed E-state index contributed by atoms with van der Waals surface area (Å²) in [4.78, 5) is 6.67. The van der Waals surface area contributed by atoms with Crippen LogP contribution in [0.3, 0.4) is 0 Å². The summed E-state index contributed by atoms with van der Waals surface area (Å²) in [6.07, 6.45) is -2.73. The van der Waals surface area contributed by atoms with Crippen molar-refractivity contribution < 1.29 is 13.2 Å². The molecule has 4 nitrogen and oxygen atoms in total. The van der Waals surface area contributed by atoms with Gasteiger partial charge in [0.1, 0.15) is 0 Å². The summed E-state index contributed by atoms with van der Waals surface area (Å²) in [7, 11) is 0. The second-order valence-electron chi connectivity index (χ2n) is 8.92. The van der Waals surface area contributed by atoms with Gasteiger partial charge in [-0.25, -0.2) is 0 Å². The van der Waals surface area contributed by atoms with Crippen molar-refractivity contribution in [2.75, 3.05) is 0 Å². The predicted molar refractivity (Wildman–Crippen MR) is 138 cm³/mol. The summed E-state index contributed by atoms with van der Waals surface area (Å²) in [6.45, 7) is 4.26. The third kappa shape index (κ3) is 4.37. The summed E-state index contributed by atoms with van der Waals surface area (Å²) in [5, 5.41) is 4.01. The maximum Gasteiger partial charge on any atom is 0.418 e. The van der Waals surface area contributed by atoms with E-state index in [0.29, 0.717) is 11.7 Å². The third-order valence-electron chi connectivity index (χ3n) is 6.63. The number of hydrogen-bond acceptors (Lipinski definition) is 2. The fourth-order valence-corrected chi connectivity index (χ4v) is 5.37. The summed E-state index contributed by atoms with van der Waals surface area (Å²) in [5.41, 5.74) is 3.72. The monoisotopic (exact) mass is 506 g/mol. The molecule has 0 radical (unpaired) electrons. The molecule has 1 fully saturated rings. The van der Waals surface area contributed by atoms with Crippen LogP contribution in [0.5, 0.6) is 0 Å². The first-order valence-corrected chi connectivity index (χ1v) is 12.0. The van der Waals surface area contributed by atoms with E-state index in [-0.39, 0.29) is 17.8 Å². The molecule has 2 unspecified atom stereocenters. The lowest BCUT2D eigenvalue weighted by molar-refractivity contribution is -0.137. The van der Waals surface area contributed by atoms with Crippen LogP contribution in [0.2, 0.25) is 0 Å². The van der Waals surface area contributed by atoms with Gasteiger partial charge in [0.25, 0.3) is 0 Å². The van der Waals surface area contributed by atoms with E-state index >= 15 is 0 Å². The standard InChI is InChI=1S/C28H25F3N4S/c1-18-16-21(19(2)35(18)24-14-7-6-12-22(24)28(29,30)31)26-25(23-13-8-9-15-32-23)33-27(36)34(26)17-20-10-4-3-5-11-20/h3-16,25-26H,17H2,1-2H3,(H,33,36). The maximum absolute atomic E-state index is 13.9. The predicted octanol–water partition coefficient (Wildman–Crippen LogP) is 6.68. The van der Waals surface area contributed by atoms with E-state index in [1.54, 1.807) is 16.8 Å². The molecular formula is C28H25F3N4S. The second-order valence-corrected chi connectivity index (χ2v) is 9.30. The molecule has 0 spiro atoms. The molecule has 1 aliphatic heterocycles. The molecule has 5 rings (SSSR count). The van der Waals surface area contributed by atoms with E-state index in [4.69, 9.17) is 12.2 Å². The lowest BCUT2D eigenvalue weighted by Crippen LogP contribution is -2.29. The molecule has 36 heavy (non-hydrogen) atoms.